The van der Waals surface area contributed by atoms with Gasteiger partial charge in [-0.15, -0.1) is 0 Å². The number of nitrogens with one attached hydrogen (secondary N) is 1. The first-order valence-electron chi connectivity index (χ1n) is 7.66. The van der Waals surface area contributed by atoms with E-state index in [1.807, 2.05) is 31.2 Å². The normalized spacial score (nSPS) is 11.5. The number of methoxy groups -OCH3 is 2. The first-order valence-corrected chi connectivity index (χ1v) is 7.66. The molecule has 126 valence electrons. The van der Waals surface area contributed by atoms with Gasteiger partial charge in [0.05, 0.1) is 25.5 Å². The van der Waals surface area contributed by atoms with Gasteiger partial charge in [-0.25, -0.2) is 4.79 Å². The maximum absolute atomic E-state index is 12.3. The first kappa shape index (κ1) is 17.5. The van der Waals surface area contributed by atoms with Crippen molar-refractivity contribution in [2.45, 2.75) is 19.3 Å². The minimum Gasteiger partial charge on any atom is -0.497 e. The van der Waals surface area contributed by atoms with Crippen LogP contribution in [0.3, 0.4) is 0 Å². The van der Waals surface area contributed by atoms with Crippen LogP contribution in [0.4, 0.5) is 5.69 Å². The molecule has 24 heavy (non-hydrogen) atoms. The van der Waals surface area contributed by atoms with E-state index in [-0.39, 0.29) is 11.8 Å². The number of ether oxygens (including phenoxy) is 2. The largest absolute Gasteiger partial charge is 0.497 e. The summed E-state index contributed by atoms with van der Waals surface area (Å²) >= 11 is 0. The molecule has 1 unspecified atom stereocenters. The molecule has 1 amide bonds. The fourth-order valence-electron chi connectivity index (χ4n) is 2.41. The number of para-hydroxylation sites is 1. The summed E-state index contributed by atoms with van der Waals surface area (Å²) in [7, 11) is 2.93. The summed E-state index contributed by atoms with van der Waals surface area (Å²) in [5.41, 5.74) is 1.84. The number of esters is 1. The fourth-order valence-corrected chi connectivity index (χ4v) is 2.41. The van der Waals surface area contributed by atoms with Crippen molar-refractivity contribution >= 4 is 17.6 Å². The Labute approximate surface area is 141 Å². The zero-order chi connectivity index (χ0) is 17.5. The maximum Gasteiger partial charge on any atom is 0.339 e. The molecule has 0 aliphatic heterocycles. The summed E-state index contributed by atoms with van der Waals surface area (Å²) in [4.78, 5) is 24.0. The standard InChI is InChI=1S/C19H21NO4/c1-13(14-8-10-15(23-2)11-9-14)12-18(21)20-17-7-5-4-6-16(17)19(22)24-3/h4-11,13H,12H2,1-3H3,(H,20,21). The molecule has 1 atom stereocenters. The number of carbonyl (C=O) groups excluding carboxylic acids is 2. The Kier molecular flexibility index (Phi) is 5.95. The van der Waals surface area contributed by atoms with Crippen LogP contribution in [-0.4, -0.2) is 26.1 Å². The SMILES string of the molecule is COC(=O)c1ccccc1NC(=O)CC(C)c1ccc(OC)cc1. The highest BCUT2D eigenvalue weighted by atomic mass is 16.5. The third-order valence-electron chi connectivity index (χ3n) is 3.78. The van der Waals surface area contributed by atoms with Gasteiger partial charge in [0.25, 0.3) is 0 Å². The fraction of sp³-hybridized carbons (Fsp3) is 0.263. The third-order valence-corrected chi connectivity index (χ3v) is 3.78. The van der Waals surface area contributed by atoms with E-state index in [2.05, 4.69) is 5.32 Å². The topological polar surface area (TPSA) is 64.6 Å². The van der Waals surface area contributed by atoms with E-state index in [1.165, 1.54) is 7.11 Å². The summed E-state index contributed by atoms with van der Waals surface area (Å²) in [5, 5.41) is 2.78. The van der Waals surface area contributed by atoms with Gasteiger partial charge in [0.2, 0.25) is 5.91 Å². The molecule has 0 aromatic heterocycles. The number of carbonyl (C=O) groups is 2. The molecule has 5 heteroatoms. The predicted molar refractivity (Wildman–Crippen MR) is 92.4 cm³/mol. The lowest BCUT2D eigenvalue weighted by molar-refractivity contribution is -0.116. The van der Waals surface area contributed by atoms with Crippen molar-refractivity contribution in [3.05, 3.63) is 59.7 Å². The van der Waals surface area contributed by atoms with Crippen LogP contribution in [-0.2, 0) is 9.53 Å². The van der Waals surface area contributed by atoms with Crippen molar-refractivity contribution in [2.75, 3.05) is 19.5 Å². The summed E-state index contributed by atoms with van der Waals surface area (Å²) in [6.07, 6.45) is 0.307. The van der Waals surface area contributed by atoms with Crippen molar-refractivity contribution in [3.63, 3.8) is 0 Å². The van der Waals surface area contributed by atoms with Crippen molar-refractivity contribution in [1.82, 2.24) is 0 Å². The van der Waals surface area contributed by atoms with Gasteiger partial charge >= 0.3 is 5.97 Å². The predicted octanol–water partition coefficient (Wildman–Crippen LogP) is 3.61. The lowest BCUT2D eigenvalue weighted by atomic mass is 9.97. The second-order valence-electron chi connectivity index (χ2n) is 5.46. The van der Waals surface area contributed by atoms with Gasteiger partial charge in [-0.05, 0) is 35.7 Å². The number of hydrogen-bond donors (Lipinski definition) is 1. The highest BCUT2D eigenvalue weighted by Gasteiger charge is 2.16. The van der Waals surface area contributed by atoms with Gasteiger partial charge in [0.15, 0.2) is 0 Å². The first-order chi connectivity index (χ1) is 11.5. The minimum absolute atomic E-state index is 0.0428. The van der Waals surface area contributed by atoms with Crippen LogP contribution in [0.25, 0.3) is 0 Å². The molecule has 0 heterocycles. The lowest BCUT2D eigenvalue weighted by Gasteiger charge is -2.14. The molecule has 0 aliphatic rings. The molecular weight excluding hydrogens is 306 g/mol. The van der Waals surface area contributed by atoms with Gasteiger partial charge in [0, 0.05) is 6.42 Å². The van der Waals surface area contributed by atoms with Gasteiger partial charge in [-0.2, -0.15) is 0 Å². The molecule has 0 fully saturated rings. The van der Waals surface area contributed by atoms with E-state index in [4.69, 9.17) is 9.47 Å². The molecule has 0 aliphatic carbocycles. The van der Waals surface area contributed by atoms with Crippen molar-refractivity contribution < 1.29 is 19.1 Å². The minimum atomic E-state index is -0.478. The summed E-state index contributed by atoms with van der Waals surface area (Å²) in [5.74, 6) is 0.187. The van der Waals surface area contributed by atoms with Crippen LogP contribution in [0, 0.1) is 0 Å². The summed E-state index contributed by atoms with van der Waals surface area (Å²) in [6, 6.07) is 14.4. The smallest absolute Gasteiger partial charge is 0.339 e. The van der Waals surface area contributed by atoms with E-state index in [1.54, 1.807) is 31.4 Å². The Balaban J connectivity index is 2.04. The Morgan fingerprint density at radius 2 is 1.71 bits per heavy atom. The van der Waals surface area contributed by atoms with Crippen LogP contribution in [0.2, 0.25) is 0 Å². The highest BCUT2D eigenvalue weighted by Crippen LogP contribution is 2.23. The molecule has 0 saturated heterocycles. The Morgan fingerprint density at radius 3 is 2.33 bits per heavy atom. The van der Waals surface area contributed by atoms with E-state index in [0.29, 0.717) is 17.7 Å². The molecule has 0 radical (unpaired) electrons. The number of amides is 1. The van der Waals surface area contributed by atoms with Gasteiger partial charge in [-0.1, -0.05) is 31.2 Å². The van der Waals surface area contributed by atoms with Crippen LogP contribution < -0.4 is 10.1 Å². The molecular formula is C19H21NO4. The van der Waals surface area contributed by atoms with Crippen molar-refractivity contribution in [2.24, 2.45) is 0 Å². The molecule has 0 saturated carbocycles. The van der Waals surface area contributed by atoms with Gasteiger partial charge in [-0.3, -0.25) is 4.79 Å². The lowest BCUT2D eigenvalue weighted by Crippen LogP contribution is -2.17. The number of hydrogen-bond acceptors (Lipinski definition) is 4. The second-order valence-corrected chi connectivity index (χ2v) is 5.46. The molecule has 2 rings (SSSR count). The monoisotopic (exact) mass is 327 g/mol. The average Bonchev–Trinajstić information content (AvgIpc) is 2.61. The van der Waals surface area contributed by atoms with Crippen LogP contribution >= 0.6 is 0 Å². The maximum atomic E-state index is 12.3. The molecule has 2 aromatic rings. The number of rotatable bonds is 6. The van der Waals surface area contributed by atoms with E-state index in [9.17, 15) is 9.59 Å². The average molecular weight is 327 g/mol. The summed E-state index contributed by atoms with van der Waals surface area (Å²) < 4.78 is 9.86. The van der Waals surface area contributed by atoms with Crippen LogP contribution in [0.1, 0.15) is 35.2 Å². The van der Waals surface area contributed by atoms with E-state index < -0.39 is 5.97 Å². The van der Waals surface area contributed by atoms with Gasteiger partial charge < -0.3 is 14.8 Å². The van der Waals surface area contributed by atoms with E-state index in [0.717, 1.165) is 11.3 Å². The van der Waals surface area contributed by atoms with Crippen molar-refractivity contribution in [3.8, 4) is 5.75 Å². The quantitative estimate of drug-likeness (QED) is 0.823. The molecule has 0 spiro atoms. The van der Waals surface area contributed by atoms with Crippen LogP contribution in [0.15, 0.2) is 48.5 Å². The second kappa shape index (κ2) is 8.15. The highest BCUT2D eigenvalue weighted by molar-refractivity contribution is 6.01. The van der Waals surface area contributed by atoms with Crippen LogP contribution in [0.5, 0.6) is 5.75 Å². The molecule has 2 aromatic carbocycles. The molecule has 5 nitrogen and oxygen atoms in total. The Hall–Kier alpha value is -2.82. The summed E-state index contributed by atoms with van der Waals surface area (Å²) in [6.45, 7) is 1.98. The number of anilines is 1. The Bertz CT molecular complexity index is 710. The van der Waals surface area contributed by atoms with E-state index >= 15 is 0 Å². The zero-order valence-electron chi connectivity index (χ0n) is 14.0. The number of benzene rings is 2. The third kappa shape index (κ3) is 4.35. The molecule has 0 bridgehead atoms. The van der Waals surface area contributed by atoms with Crippen molar-refractivity contribution in [1.29, 1.82) is 0 Å². The zero-order valence-corrected chi connectivity index (χ0v) is 14.0. The Morgan fingerprint density at radius 1 is 1.04 bits per heavy atom. The molecule has 1 N–H and O–H groups in total. The van der Waals surface area contributed by atoms with Gasteiger partial charge in [0.1, 0.15) is 5.75 Å².